The van der Waals surface area contributed by atoms with Crippen molar-refractivity contribution in [2.45, 2.75) is 45.3 Å². The largest absolute Gasteiger partial charge is 0.469 e. The highest BCUT2D eigenvalue weighted by atomic mass is 16.6. The fourth-order valence-corrected chi connectivity index (χ4v) is 2.02. The molecule has 2 atom stereocenters. The number of aliphatic hydroxyl groups is 1. The standard InChI is InChI=1S/C13H23NO5/c1-13(2,3)19-12(17)14-7-5-9(11(16)18-4)10(15)6-8-14/h9-10,15H,5-8H2,1-4H3/t9-,10-/m0/s1. The molecule has 1 heterocycles. The third-order valence-corrected chi connectivity index (χ3v) is 3.02. The average molecular weight is 273 g/mol. The number of esters is 1. The number of hydrogen-bond donors (Lipinski definition) is 1. The third-order valence-electron chi connectivity index (χ3n) is 3.02. The molecule has 0 aliphatic carbocycles. The Labute approximate surface area is 113 Å². The maximum absolute atomic E-state index is 11.9. The molecule has 6 heteroatoms. The molecule has 1 saturated heterocycles. The quantitative estimate of drug-likeness (QED) is 0.726. The molecule has 0 aromatic heterocycles. The Balaban J connectivity index is 2.62. The molecule has 19 heavy (non-hydrogen) atoms. The van der Waals surface area contributed by atoms with Crippen LogP contribution in [0.2, 0.25) is 0 Å². The lowest BCUT2D eigenvalue weighted by Gasteiger charge is -2.26. The number of amides is 1. The molecule has 1 amide bonds. The van der Waals surface area contributed by atoms with E-state index in [1.165, 1.54) is 12.0 Å². The van der Waals surface area contributed by atoms with Gasteiger partial charge in [0.1, 0.15) is 5.60 Å². The second-order valence-corrected chi connectivity index (χ2v) is 5.74. The molecule has 0 saturated carbocycles. The monoisotopic (exact) mass is 273 g/mol. The molecule has 110 valence electrons. The molecule has 0 aromatic rings. The van der Waals surface area contributed by atoms with E-state index in [9.17, 15) is 14.7 Å². The van der Waals surface area contributed by atoms with Gasteiger partial charge in [-0.15, -0.1) is 0 Å². The number of rotatable bonds is 1. The summed E-state index contributed by atoms with van der Waals surface area (Å²) in [5.41, 5.74) is -0.552. The fourth-order valence-electron chi connectivity index (χ4n) is 2.02. The van der Waals surface area contributed by atoms with Crippen molar-refractivity contribution < 1.29 is 24.2 Å². The topological polar surface area (TPSA) is 76.1 Å². The second-order valence-electron chi connectivity index (χ2n) is 5.74. The summed E-state index contributed by atoms with van der Waals surface area (Å²) in [6.45, 7) is 6.16. The Bertz CT molecular complexity index is 336. The minimum absolute atomic E-state index is 0.346. The summed E-state index contributed by atoms with van der Waals surface area (Å²) in [4.78, 5) is 25.0. The average Bonchev–Trinajstić information content (AvgIpc) is 2.48. The van der Waals surface area contributed by atoms with Crippen LogP contribution in [0.5, 0.6) is 0 Å². The van der Waals surface area contributed by atoms with Crippen molar-refractivity contribution in [3.8, 4) is 0 Å². The SMILES string of the molecule is COC(=O)[C@H]1CCN(C(=O)OC(C)(C)C)CC[C@@H]1O. The molecular weight excluding hydrogens is 250 g/mol. The highest BCUT2D eigenvalue weighted by Gasteiger charge is 2.33. The van der Waals surface area contributed by atoms with E-state index >= 15 is 0 Å². The maximum atomic E-state index is 11.9. The first-order chi connectivity index (χ1) is 8.74. The Morgan fingerprint density at radius 3 is 2.32 bits per heavy atom. The van der Waals surface area contributed by atoms with Gasteiger partial charge in [-0.05, 0) is 33.6 Å². The van der Waals surface area contributed by atoms with Gasteiger partial charge in [0, 0.05) is 13.1 Å². The minimum Gasteiger partial charge on any atom is -0.469 e. The number of carbonyl (C=O) groups excluding carboxylic acids is 2. The van der Waals surface area contributed by atoms with Crippen LogP contribution in [0.3, 0.4) is 0 Å². The Morgan fingerprint density at radius 2 is 1.79 bits per heavy atom. The van der Waals surface area contributed by atoms with Crippen LogP contribution >= 0.6 is 0 Å². The zero-order valence-electron chi connectivity index (χ0n) is 12.0. The van der Waals surface area contributed by atoms with Gasteiger partial charge in [0.2, 0.25) is 0 Å². The van der Waals surface area contributed by atoms with Gasteiger partial charge in [-0.25, -0.2) is 4.79 Å². The van der Waals surface area contributed by atoms with E-state index in [0.717, 1.165) is 0 Å². The van der Waals surface area contributed by atoms with Crippen LogP contribution in [0.25, 0.3) is 0 Å². The van der Waals surface area contributed by atoms with Crippen molar-refractivity contribution in [2.24, 2.45) is 5.92 Å². The molecule has 0 radical (unpaired) electrons. The van der Waals surface area contributed by atoms with E-state index in [2.05, 4.69) is 4.74 Å². The van der Waals surface area contributed by atoms with Gasteiger partial charge in [0.05, 0.1) is 19.1 Å². The van der Waals surface area contributed by atoms with E-state index in [1.807, 2.05) is 0 Å². The number of hydrogen-bond acceptors (Lipinski definition) is 5. The molecule has 1 fully saturated rings. The van der Waals surface area contributed by atoms with Gasteiger partial charge in [-0.2, -0.15) is 0 Å². The molecule has 0 unspecified atom stereocenters. The fraction of sp³-hybridized carbons (Fsp3) is 0.846. The molecule has 0 bridgehead atoms. The number of carbonyl (C=O) groups is 2. The van der Waals surface area contributed by atoms with E-state index in [4.69, 9.17) is 4.74 Å². The first-order valence-corrected chi connectivity index (χ1v) is 6.48. The van der Waals surface area contributed by atoms with Crippen molar-refractivity contribution in [1.82, 2.24) is 4.90 Å². The molecule has 1 rings (SSSR count). The van der Waals surface area contributed by atoms with E-state index < -0.39 is 29.7 Å². The summed E-state index contributed by atoms with van der Waals surface area (Å²) in [7, 11) is 1.30. The lowest BCUT2D eigenvalue weighted by molar-refractivity contribution is -0.149. The van der Waals surface area contributed by atoms with Gasteiger partial charge in [0.25, 0.3) is 0 Å². The number of likely N-dealkylation sites (tertiary alicyclic amines) is 1. The number of aliphatic hydroxyl groups excluding tert-OH is 1. The first-order valence-electron chi connectivity index (χ1n) is 6.48. The molecular formula is C13H23NO5. The summed E-state index contributed by atoms with van der Waals surface area (Å²) in [5.74, 6) is -1.00. The lowest BCUT2D eigenvalue weighted by atomic mass is 9.98. The zero-order valence-corrected chi connectivity index (χ0v) is 12.0. The molecule has 0 spiro atoms. The van der Waals surface area contributed by atoms with Crippen LogP contribution in [0, 0.1) is 5.92 Å². The number of methoxy groups -OCH3 is 1. The first kappa shape index (κ1) is 15.8. The van der Waals surface area contributed by atoms with Crippen LogP contribution in [0.4, 0.5) is 4.79 Å². The summed E-state index contributed by atoms with van der Waals surface area (Å²) in [5, 5.41) is 9.90. The van der Waals surface area contributed by atoms with Crippen molar-refractivity contribution >= 4 is 12.1 Å². The van der Waals surface area contributed by atoms with Crippen LogP contribution in [-0.4, -0.2) is 54.0 Å². The smallest absolute Gasteiger partial charge is 0.410 e. The predicted octanol–water partition coefficient (Wildman–Crippen LogP) is 1.17. The molecule has 6 nitrogen and oxygen atoms in total. The van der Waals surface area contributed by atoms with Gasteiger partial charge in [-0.3, -0.25) is 4.79 Å². The Kier molecular flexibility index (Phi) is 5.17. The number of ether oxygens (including phenoxy) is 2. The molecule has 0 aromatic carbocycles. The lowest BCUT2D eigenvalue weighted by Crippen LogP contribution is -2.37. The van der Waals surface area contributed by atoms with E-state index in [-0.39, 0.29) is 0 Å². The van der Waals surface area contributed by atoms with Crippen molar-refractivity contribution in [3.05, 3.63) is 0 Å². The predicted molar refractivity (Wildman–Crippen MR) is 68.6 cm³/mol. The van der Waals surface area contributed by atoms with E-state index in [1.54, 1.807) is 20.8 Å². The van der Waals surface area contributed by atoms with E-state index in [0.29, 0.717) is 25.9 Å². The van der Waals surface area contributed by atoms with Crippen LogP contribution in [0.1, 0.15) is 33.6 Å². The molecule has 1 aliphatic rings. The van der Waals surface area contributed by atoms with Crippen molar-refractivity contribution in [1.29, 1.82) is 0 Å². The Hall–Kier alpha value is -1.30. The third kappa shape index (κ3) is 4.70. The van der Waals surface area contributed by atoms with Crippen molar-refractivity contribution in [3.63, 3.8) is 0 Å². The summed E-state index contributed by atoms with van der Waals surface area (Å²) in [6.07, 6.45) is -0.461. The number of nitrogens with zero attached hydrogens (tertiary/aromatic N) is 1. The van der Waals surface area contributed by atoms with Gasteiger partial charge >= 0.3 is 12.1 Å². The zero-order chi connectivity index (χ0) is 14.6. The second kappa shape index (κ2) is 6.23. The Morgan fingerprint density at radius 1 is 1.21 bits per heavy atom. The van der Waals surface area contributed by atoms with Gasteiger partial charge in [-0.1, -0.05) is 0 Å². The highest BCUT2D eigenvalue weighted by Crippen LogP contribution is 2.21. The summed E-state index contributed by atoms with van der Waals surface area (Å²) < 4.78 is 9.94. The van der Waals surface area contributed by atoms with Crippen LogP contribution in [-0.2, 0) is 14.3 Å². The van der Waals surface area contributed by atoms with Crippen LogP contribution in [0.15, 0.2) is 0 Å². The summed E-state index contributed by atoms with van der Waals surface area (Å²) in [6, 6.07) is 0. The van der Waals surface area contributed by atoms with Gasteiger partial charge in [0.15, 0.2) is 0 Å². The van der Waals surface area contributed by atoms with Gasteiger partial charge < -0.3 is 19.5 Å². The molecule has 1 N–H and O–H groups in total. The normalized spacial score (nSPS) is 24.6. The highest BCUT2D eigenvalue weighted by molar-refractivity contribution is 5.73. The minimum atomic E-state index is -0.778. The van der Waals surface area contributed by atoms with Crippen LogP contribution < -0.4 is 0 Å². The summed E-state index contributed by atoms with van der Waals surface area (Å²) >= 11 is 0. The molecule has 1 aliphatic heterocycles. The van der Waals surface area contributed by atoms with Crippen molar-refractivity contribution in [2.75, 3.05) is 20.2 Å². The maximum Gasteiger partial charge on any atom is 0.410 e.